The Morgan fingerprint density at radius 2 is 1.88 bits per heavy atom. The van der Waals surface area contributed by atoms with Crippen LogP contribution >= 0.6 is 0 Å². The molecule has 0 aliphatic carbocycles. The molecular formula is C19H30N2O3. The Kier molecular flexibility index (Phi) is 10.4. The van der Waals surface area contributed by atoms with Gasteiger partial charge in [0.2, 0.25) is 0 Å². The molecule has 24 heavy (non-hydrogen) atoms. The molecule has 0 spiro atoms. The van der Waals surface area contributed by atoms with Crippen LogP contribution in [0.2, 0.25) is 0 Å². The molecule has 0 aliphatic heterocycles. The number of allylic oxidation sites excluding steroid dienone is 1. The number of hydrogen-bond acceptors (Lipinski definition) is 5. The van der Waals surface area contributed by atoms with Crippen molar-refractivity contribution in [1.82, 2.24) is 5.32 Å². The first kappa shape index (κ1) is 20.0. The number of nitrogens with one attached hydrogen (secondary N) is 1. The maximum Gasteiger partial charge on any atom is 0.125 e. The Labute approximate surface area is 145 Å². The topological polar surface area (TPSA) is 52.1 Å². The second kappa shape index (κ2) is 12.4. The molecule has 1 N–H and O–H groups in total. The largest absolute Gasteiger partial charge is 0.493 e. The van der Waals surface area contributed by atoms with E-state index in [4.69, 9.17) is 9.47 Å². The highest BCUT2D eigenvalue weighted by molar-refractivity contribution is 5.58. The molecule has 0 aromatic heterocycles. The molecule has 0 radical (unpaired) electrons. The normalized spacial score (nSPS) is 11.3. The van der Waals surface area contributed by atoms with Crippen LogP contribution in [0.1, 0.15) is 30.9 Å². The number of hydrogen-bond donors (Lipinski definition) is 1. The van der Waals surface area contributed by atoms with E-state index in [0.29, 0.717) is 13.2 Å². The molecule has 5 nitrogen and oxygen atoms in total. The monoisotopic (exact) mass is 334 g/mol. The molecule has 1 rings (SSSR count). The maximum atomic E-state index is 5.95. The van der Waals surface area contributed by atoms with E-state index in [-0.39, 0.29) is 0 Å². The van der Waals surface area contributed by atoms with Crippen molar-refractivity contribution < 1.29 is 14.3 Å². The van der Waals surface area contributed by atoms with Gasteiger partial charge in [-0.25, -0.2) is 0 Å². The molecule has 1 aromatic rings. The van der Waals surface area contributed by atoms with Gasteiger partial charge in [-0.1, -0.05) is 17.3 Å². The highest BCUT2D eigenvalue weighted by Crippen LogP contribution is 2.28. The minimum Gasteiger partial charge on any atom is -0.493 e. The van der Waals surface area contributed by atoms with E-state index < -0.39 is 0 Å². The van der Waals surface area contributed by atoms with Gasteiger partial charge in [0.05, 0.1) is 12.8 Å². The summed E-state index contributed by atoms with van der Waals surface area (Å²) in [6, 6.07) is 4.06. The van der Waals surface area contributed by atoms with Gasteiger partial charge in [0.25, 0.3) is 0 Å². The zero-order valence-corrected chi connectivity index (χ0v) is 15.3. The summed E-state index contributed by atoms with van der Waals surface area (Å²) in [7, 11) is 1.54. The lowest BCUT2D eigenvalue weighted by atomic mass is 10.1. The van der Waals surface area contributed by atoms with Gasteiger partial charge in [0.15, 0.2) is 0 Å². The number of ether oxygens (including phenoxy) is 2. The van der Waals surface area contributed by atoms with Gasteiger partial charge in [-0.2, -0.15) is 0 Å². The third-order valence-corrected chi connectivity index (χ3v) is 3.43. The smallest absolute Gasteiger partial charge is 0.125 e. The molecule has 0 saturated heterocycles. The van der Waals surface area contributed by atoms with Crippen LogP contribution in [-0.2, 0) is 4.84 Å². The molecule has 134 valence electrons. The first-order valence-electron chi connectivity index (χ1n) is 8.42. The van der Waals surface area contributed by atoms with Crippen molar-refractivity contribution >= 4 is 6.21 Å². The number of unbranched alkanes of at least 4 members (excludes halogenated alkanes) is 1. The highest BCUT2D eigenvalue weighted by atomic mass is 16.6. The Balaban J connectivity index is 2.31. The quantitative estimate of drug-likeness (QED) is 0.274. The Hall–Kier alpha value is -2.01. The van der Waals surface area contributed by atoms with Gasteiger partial charge in [-0.3, -0.25) is 0 Å². The number of rotatable bonds is 12. The fraction of sp³-hybridized carbons (Fsp3) is 0.526. The maximum absolute atomic E-state index is 5.95. The summed E-state index contributed by atoms with van der Waals surface area (Å²) >= 11 is 0. The van der Waals surface area contributed by atoms with Crippen LogP contribution in [0.25, 0.3) is 0 Å². The molecule has 0 atom stereocenters. The van der Waals surface area contributed by atoms with Gasteiger partial charge < -0.3 is 19.6 Å². The van der Waals surface area contributed by atoms with Crippen LogP contribution in [0.5, 0.6) is 11.5 Å². The van der Waals surface area contributed by atoms with E-state index in [1.807, 2.05) is 31.2 Å². The van der Waals surface area contributed by atoms with Crippen LogP contribution in [0, 0.1) is 13.8 Å². The van der Waals surface area contributed by atoms with E-state index in [9.17, 15) is 0 Å². The average Bonchev–Trinajstić information content (AvgIpc) is 2.55. The second-order valence-corrected chi connectivity index (χ2v) is 5.50. The van der Waals surface area contributed by atoms with E-state index >= 15 is 0 Å². The molecule has 0 saturated carbocycles. The van der Waals surface area contributed by atoms with Crippen molar-refractivity contribution in [2.45, 2.75) is 33.6 Å². The number of aryl methyl sites for hydroxylation is 2. The van der Waals surface area contributed by atoms with Gasteiger partial charge >= 0.3 is 0 Å². The van der Waals surface area contributed by atoms with Crippen molar-refractivity contribution in [3.05, 3.63) is 35.4 Å². The summed E-state index contributed by atoms with van der Waals surface area (Å²) in [4.78, 5) is 4.59. The summed E-state index contributed by atoms with van der Waals surface area (Å²) in [6.45, 7) is 9.07. The number of oxime groups is 1. The Morgan fingerprint density at radius 3 is 2.54 bits per heavy atom. The molecule has 5 heteroatoms. The second-order valence-electron chi connectivity index (χ2n) is 5.50. The molecule has 1 aromatic carbocycles. The lowest BCUT2D eigenvalue weighted by Crippen LogP contribution is -2.18. The Morgan fingerprint density at radius 1 is 1.12 bits per heavy atom. The van der Waals surface area contributed by atoms with E-state index in [1.54, 1.807) is 13.3 Å². The summed E-state index contributed by atoms with van der Waals surface area (Å²) in [5.74, 6) is 1.85. The fourth-order valence-corrected chi connectivity index (χ4v) is 2.27. The summed E-state index contributed by atoms with van der Waals surface area (Å²) in [5, 5.41) is 6.94. The van der Waals surface area contributed by atoms with Crippen LogP contribution < -0.4 is 14.8 Å². The van der Waals surface area contributed by atoms with Crippen molar-refractivity contribution in [3.8, 4) is 11.5 Å². The average molecular weight is 334 g/mol. The van der Waals surface area contributed by atoms with E-state index in [0.717, 1.165) is 48.6 Å². The third kappa shape index (κ3) is 8.02. The zero-order valence-electron chi connectivity index (χ0n) is 15.3. The van der Waals surface area contributed by atoms with Crippen molar-refractivity contribution in [3.63, 3.8) is 0 Å². The van der Waals surface area contributed by atoms with Gasteiger partial charge in [0, 0.05) is 6.54 Å². The zero-order chi connectivity index (χ0) is 17.6. The standard InChI is InChI=1S/C19H30N2O3/c1-5-6-12-23-18-14-16(2)19(17(3)15-18)24-13-8-7-9-20-10-11-21-22-4/h5-6,11,14-15,20H,7-10,12-13H2,1-4H3/b6-5+,21-11?. The van der Waals surface area contributed by atoms with Crippen molar-refractivity contribution in [2.24, 2.45) is 5.16 Å². The molecule has 0 unspecified atom stereocenters. The summed E-state index contributed by atoms with van der Waals surface area (Å²) in [6.07, 6.45) is 7.75. The lowest BCUT2D eigenvalue weighted by molar-refractivity contribution is 0.214. The Bertz CT molecular complexity index is 504. The van der Waals surface area contributed by atoms with Crippen LogP contribution in [0.4, 0.5) is 0 Å². The lowest BCUT2D eigenvalue weighted by Gasteiger charge is -2.14. The predicted molar refractivity (Wildman–Crippen MR) is 99.3 cm³/mol. The number of nitrogens with zero attached hydrogens (tertiary/aromatic N) is 1. The first-order chi connectivity index (χ1) is 11.7. The van der Waals surface area contributed by atoms with Gasteiger partial charge in [-0.15, -0.1) is 0 Å². The van der Waals surface area contributed by atoms with Crippen LogP contribution in [0.15, 0.2) is 29.4 Å². The van der Waals surface area contributed by atoms with Gasteiger partial charge in [0.1, 0.15) is 25.2 Å². The summed E-state index contributed by atoms with van der Waals surface area (Å²) in [5.41, 5.74) is 2.22. The predicted octanol–water partition coefficient (Wildman–Crippen LogP) is 3.64. The summed E-state index contributed by atoms with van der Waals surface area (Å²) < 4.78 is 11.6. The van der Waals surface area contributed by atoms with Crippen molar-refractivity contribution in [1.29, 1.82) is 0 Å². The molecular weight excluding hydrogens is 304 g/mol. The minimum atomic E-state index is 0.595. The van der Waals surface area contributed by atoms with E-state index in [2.05, 4.69) is 29.2 Å². The third-order valence-electron chi connectivity index (χ3n) is 3.43. The van der Waals surface area contributed by atoms with E-state index in [1.165, 1.54) is 0 Å². The SMILES string of the molecule is C/C=C/COc1cc(C)c(OCCCCNCC=NOC)c(C)c1. The van der Waals surface area contributed by atoms with Crippen LogP contribution in [-0.4, -0.2) is 39.6 Å². The fourth-order valence-electron chi connectivity index (χ4n) is 2.27. The molecule has 0 aliphatic rings. The molecule has 0 amide bonds. The highest BCUT2D eigenvalue weighted by Gasteiger charge is 2.07. The first-order valence-corrected chi connectivity index (χ1v) is 8.42. The molecule has 0 fully saturated rings. The number of benzene rings is 1. The van der Waals surface area contributed by atoms with Crippen molar-refractivity contribution in [2.75, 3.05) is 33.4 Å². The molecule has 0 bridgehead atoms. The molecule has 0 heterocycles. The van der Waals surface area contributed by atoms with Gasteiger partial charge in [-0.05, 0) is 63.4 Å². The minimum absolute atomic E-state index is 0.595. The van der Waals surface area contributed by atoms with Crippen LogP contribution in [0.3, 0.4) is 0 Å².